The number of aliphatic carboxylic acids is 2. The molecule has 0 bridgehead atoms. The molecule has 1 amide bonds. The normalized spacial score (nSPS) is 23.3. The first-order valence-electron chi connectivity index (χ1n) is 5.80. The fourth-order valence-corrected chi connectivity index (χ4v) is 2.53. The van der Waals surface area contributed by atoms with Crippen LogP contribution >= 0.6 is 11.8 Å². The van der Waals surface area contributed by atoms with Gasteiger partial charge in [0.15, 0.2) is 0 Å². The Morgan fingerprint density at radius 1 is 1.06 bits per heavy atom. The number of nitrogens with one attached hydrogen (secondary N) is 1. The summed E-state index contributed by atoms with van der Waals surface area (Å²) in [4.78, 5) is 32.5. The van der Waals surface area contributed by atoms with Crippen molar-refractivity contribution in [2.45, 2.75) is 31.7 Å². The summed E-state index contributed by atoms with van der Waals surface area (Å²) in [5.74, 6) is -2.13. The Bertz CT molecular complexity index is 325. The van der Waals surface area contributed by atoms with Gasteiger partial charge in [-0.1, -0.05) is 0 Å². The number of amides is 1. The minimum absolute atomic E-state index is 0.0264. The average molecular weight is 275 g/mol. The lowest BCUT2D eigenvalue weighted by molar-refractivity contribution is -0.143. The molecule has 1 aliphatic carbocycles. The van der Waals surface area contributed by atoms with E-state index in [1.54, 1.807) is 0 Å². The van der Waals surface area contributed by atoms with Gasteiger partial charge in [0.05, 0.1) is 17.4 Å². The highest BCUT2D eigenvalue weighted by molar-refractivity contribution is 8.00. The van der Waals surface area contributed by atoms with Crippen LogP contribution in [0.2, 0.25) is 0 Å². The standard InChI is InChI=1S/C11H17NO5S/c13-9(5-18-6-10(14)15)12-8-3-1-7(2-4-8)11(16)17/h7-8H,1-6H2,(H,12,13)(H,14,15)(H,16,17). The van der Waals surface area contributed by atoms with Crippen molar-refractivity contribution in [3.8, 4) is 0 Å². The quantitative estimate of drug-likeness (QED) is 0.654. The molecule has 102 valence electrons. The molecule has 0 spiro atoms. The molecule has 1 saturated carbocycles. The van der Waals surface area contributed by atoms with E-state index >= 15 is 0 Å². The highest BCUT2D eigenvalue weighted by Crippen LogP contribution is 2.24. The third-order valence-electron chi connectivity index (χ3n) is 2.90. The molecule has 6 nitrogen and oxygen atoms in total. The summed E-state index contributed by atoms with van der Waals surface area (Å²) in [7, 11) is 0. The summed E-state index contributed by atoms with van der Waals surface area (Å²) < 4.78 is 0. The van der Waals surface area contributed by atoms with Gasteiger partial charge in [-0.2, -0.15) is 0 Å². The first-order chi connectivity index (χ1) is 8.49. The zero-order chi connectivity index (χ0) is 13.5. The summed E-state index contributed by atoms with van der Waals surface area (Å²) in [6, 6.07) is 0.0264. The molecular formula is C11H17NO5S. The molecular weight excluding hydrogens is 258 g/mol. The molecule has 0 aliphatic heterocycles. The summed E-state index contributed by atoms with van der Waals surface area (Å²) in [5, 5.41) is 20.1. The Hall–Kier alpha value is -1.24. The fraction of sp³-hybridized carbons (Fsp3) is 0.727. The predicted molar refractivity (Wildman–Crippen MR) is 66.5 cm³/mol. The lowest BCUT2D eigenvalue weighted by atomic mass is 9.86. The Balaban J connectivity index is 2.18. The summed E-state index contributed by atoms with van der Waals surface area (Å²) in [5.41, 5.74) is 0. The van der Waals surface area contributed by atoms with Crippen LogP contribution in [0.1, 0.15) is 25.7 Å². The van der Waals surface area contributed by atoms with Crippen LogP contribution in [0.15, 0.2) is 0 Å². The minimum atomic E-state index is -0.935. The van der Waals surface area contributed by atoms with Gasteiger partial charge in [0.1, 0.15) is 0 Å². The molecule has 1 aliphatic rings. The number of carboxylic acids is 2. The highest BCUT2D eigenvalue weighted by atomic mass is 32.2. The van der Waals surface area contributed by atoms with Crippen LogP contribution < -0.4 is 5.32 Å². The smallest absolute Gasteiger partial charge is 0.313 e. The largest absolute Gasteiger partial charge is 0.481 e. The molecule has 0 aromatic rings. The second kappa shape index (κ2) is 7.25. The molecule has 1 rings (SSSR count). The van der Waals surface area contributed by atoms with Crippen molar-refractivity contribution >= 4 is 29.6 Å². The van der Waals surface area contributed by atoms with Gasteiger partial charge in [0.2, 0.25) is 5.91 Å². The van der Waals surface area contributed by atoms with E-state index in [2.05, 4.69) is 5.32 Å². The van der Waals surface area contributed by atoms with E-state index in [-0.39, 0.29) is 29.4 Å². The molecule has 0 saturated heterocycles. The van der Waals surface area contributed by atoms with E-state index in [1.807, 2.05) is 0 Å². The van der Waals surface area contributed by atoms with Crippen LogP contribution in [0, 0.1) is 5.92 Å². The van der Waals surface area contributed by atoms with Gasteiger partial charge < -0.3 is 15.5 Å². The predicted octanol–water partition coefficient (Wildman–Crippen LogP) is 0.564. The van der Waals surface area contributed by atoms with Gasteiger partial charge in [-0.3, -0.25) is 14.4 Å². The first kappa shape index (κ1) is 14.8. The second-order valence-electron chi connectivity index (χ2n) is 4.34. The Kier molecular flexibility index (Phi) is 5.97. The maximum atomic E-state index is 11.5. The molecule has 0 atom stereocenters. The molecule has 0 aromatic heterocycles. The van der Waals surface area contributed by atoms with Gasteiger partial charge >= 0.3 is 11.9 Å². The van der Waals surface area contributed by atoms with Crippen molar-refractivity contribution in [2.24, 2.45) is 5.92 Å². The highest BCUT2D eigenvalue weighted by Gasteiger charge is 2.26. The SMILES string of the molecule is O=C(O)CSCC(=O)NC1CCC(C(=O)O)CC1. The van der Waals surface area contributed by atoms with Gasteiger partial charge in [0, 0.05) is 6.04 Å². The van der Waals surface area contributed by atoms with E-state index < -0.39 is 11.9 Å². The number of carbonyl (C=O) groups excluding carboxylic acids is 1. The number of carboxylic acid groups (broad SMARTS) is 2. The topological polar surface area (TPSA) is 104 Å². The van der Waals surface area contributed by atoms with Gasteiger partial charge in [-0.25, -0.2) is 0 Å². The van der Waals surface area contributed by atoms with E-state index in [4.69, 9.17) is 10.2 Å². The van der Waals surface area contributed by atoms with Crippen LogP contribution in [0.4, 0.5) is 0 Å². The Labute approximate surface area is 109 Å². The molecule has 0 unspecified atom stereocenters. The Morgan fingerprint density at radius 2 is 1.67 bits per heavy atom. The Morgan fingerprint density at radius 3 is 2.17 bits per heavy atom. The van der Waals surface area contributed by atoms with Crippen LogP contribution in [0.5, 0.6) is 0 Å². The van der Waals surface area contributed by atoms with Crippen molar-refractivity contribution in [2.75, 3.05) is 11.5 Å². The van der Waals surface area contributed by atoms with Crippen molar-refractivity contribution < 1.29 is 24.6 Å². The zero-order valence-electron chi connectivity index (χ0n) is 9.92. The van der Waals surface area contributed by atoms with Crippen LogP contribution in [0.25, 0.3) is 0 Å². The fourth-order valence-electron chi connectivity index (χ4n) is 1.99. The van der Waals surface area contributed by atoms with Crippen molar-refractivity contribution in [3.63, 3.8) is 0 Å². The van der Waals surface area contributed by atoms with Crippen molar-refractivity contribution in [1.82, 2.24) is 5.32 Å². The number of hydrogen-bond acceptors (Lipinski definition) is 4. The third kappa shape index (κ3) is 5.39. The van der Waals surface area contributed by atoms with Crippen LogP contribution in [0.3, 0.4) is 0 Å². The van der Waals surface area contributed by atoms with Crippen LogP contribution in [-0.4, -0.2) is 45.6 Å². The molecule has 0 aromatic carbocycles. The van der Waals surface area contributed by atoms with Crippen LogP contribution in [-0.2, 0) is 14.4 Å². The van der Waals surface area contributed by atoms with Gasteiger partial charge in [0.25, 0.3) is 0 Å². The lowest BCUT2D eigenvalue weighted by Crippen LogP contribution is -2.39. The van der Waals surface area contributed by atoms with E-state index in [0.29, 0.717) is 25.7 Å². The number of rotatable bonds is 6. The van der Waals surface area contributed by atoms with Crippen molar-refractivity contribution in [3.05, 3.63) is 0 Å². The molecule has 3 N–H and O–H groups in total. The molecule has 0 radical (unpaired) electrons. The minimum Gasteiger partial charge on any atom is -0.481 e. The van der Waals surface area contributed by atoms with E-state index in [1.165, 1.54) is 0 Å². The number of hydrogen-bond donors (Lipinski definition) is 3. The van der Waals surface area contributed by atoms with E-state index in [0.717, 1.165) is 11.8 Å². The molecule has 18 heavy (non-hydrogen) atoms. The summed E-state index contributed by atoms with van der Waals surface area (Å²) >= 11 is 1.06. The zero-order valence-corrected chi connectivity index (χ0v) is 10.7. The average Bonchev–Trinajstić information content (AvgIpc) is 2.29. The molecule has 1 fully saturated rings. The van der Waals surface area contributed by atoms with E-state index in [9.17, 15) is 14.4 Å². The lowest BCUT2D eigenvalue weighted by Gasteiger charge is -2.26. The second-order valence-corrected chi connectivity index (χ2v) is 5.33. The number of thioether (sulfide) groups is 1. The molecule has 0 heterocycles. The third-order valence-corrected chi connectivity index (χ3v) is 3.82. The maximum Gasteiger partial charge on any atom is 0.313 e. The van der Waals surface area contributed by atoms with Gasteiger partial charge in [-0.05, 0) is 25.7 Å². The maximum absolute atomic E-state index is 11.5. The molecule has 7 heteroatoms. The number of carbonyl (C=O) groups is 3. The summed E-state index contributed by atoms with van der Waals surface area (Å²) in [6.07, 6.45) is 2.52. The first-order valence-corrected chi connectivity index (χ1v) is 6.96. The summed E-state index contributed by atoms with van der Waals surface area (Å²) in [6.45, 7) is 0. The van der Waals surface area contributed by atoms with Crippen molar-refractivity contribution in [1.29, 1.82) is 0 Å². The van der Waals surface area contributed by atoms with Gasteiger partial charge in [-0.15, -0.1) is 11.8 Å². The monoisotopic (exact) mass is 275 g/mol.